The Morgan fingerprint density at radius 1 is 1.03 bits per heavy atom. The summed E-state index contributed by atoms with van der Waals surface area (Å²) in [6, 6.07) is 23.0. The second-order valence-corrected chi connectivity index (χ2v) is 10.7. The molecule has 0 bridgehead atoms. The van der Waals surface area contributed by atoms with Gasteiger partial charge in [-0.25, -0.2) is 0 Å². The molecule has 1 aliphatic heterocycles. The van der Waals surface area contributed by atoms with Crippen LogP contribution in [0.2, 0.25) is 0 Å². The summed E-state index contributed by atoms with van der Waals surface area (Å²) in [7, 11) is 0. The zero-order chi connectivity index (χ0) is 26.4. The molecule has 0 aliphatic carbocycles. The molecule has 0 aromatic heterocycles. The van der Waals surface area contributed by atoms with Crippen LogP contribution in [0.3, 0.4) is 0 Å². The van der Waals surface area contributed by atoms with Gasteiger partial charge in [0.05, 0.1) is 12.1 Å². The standard InChI is InChI=1S/C32H38N2O3/c1-23(2)22-37-30-15-11-25(20-33-28-13-9-24(10-14-28)12-16-31(35)36)19-27(30)21-34-29-8-6-5-7-26(29)17-18-32(34,3)4/h5-11,13-15,17-19,23,33H,12,16,20-22H2,1-4H3,(H,35,36). The molecular weight excluding hydrogens is 460 g/mol. The minimum absolute atomic E-state index is 0.125. The summed E-state index contributed by atoms with van der Waals surface area (Å²) in [5, 5.41) is 12.4. The van der Waals surface area contributed by atoms with Gasteiger partial charge >= 0.3 is 5.97 Å². The average Bonchev–Trinajstić information content (AvgIpc) is 2.87. The summed E-state index contributed by atoms with van der Waals surface area (Å²) in [4.78, 5) is 13.3. The lowest BCUT2D eigenvalue weighted by atomic mass is 9.92. The summed E-state index contributed by atoms with van der Waals surface area (Å²) in [6.45, 7) is 10.9. The van der Waals surface area contributed by atoms with Crippen molar-refractivity contribution in [1.82, 2.24) is 0 Å². The molecule has 0 radical (unpaired) electrons. The molecule has 3 aromatic rings. The number of nitrogens with zero attached hydrogens (tertiary/aromatic N) is 1. The zero-order valence-electron chi connectivity index (χ0n) is 22.3. The maximum atomic E-state index is 10.8. The fraction of sp³-hybridized carbons (Fsp3) is 0.344. The van der Waals surface area contributed by atoms with Crippen LogP contribution in [0, 0.1) is 5.92 Å². The molecule has 5 heteroatoms. The van der Waals surface area contributed by atoms with Crippen LogP contribution in [0.4, 0.5) is 11.4 Å². The molecule has 0 saturated heterocycles. The molecule has 194 valence electrons. The zero-order valence-corrected chi connectivity index (χ0v) is 22.3. The number of fused-ring (bicyclic) bond motifs is 1. The highest BCUT2D eigenvalue weighted by Gasteiger charge is 2.29. The maximum Gasteiger partial charge on any atom is 0.303 e. The van der Waals surface area contributed by atoms with E-state index in [1.54, 1.807) is 0 Å². The van der Waals surface area contributed by atoms with Crippen LogP contribution in [0.25, 0.3) is 6.08 Å². The molecule has 3 aromatic carbocycles. The third-order valence-corrected chi connectivity index (χ3v) is 6.70. The van der Waals surface area contributed by atoms with Crippen molar-refractivity contribution in [3.8, 4) is 5.75 Å². The van der Waals surface area contributed by atoms with Crippen LogP contribution in [0.15, 0.2) is 72.8 Å². The second-order valence-electron chi connectivity index (χ2n) is 10.7. The third-order valence-electron chi connectivity index (χ3n) is 6.70. The number of carbonyl (C=O) groups is 1. The van der Waals surface area contributed by atoms with Gasteiger partial charge in [0, 0.05) is 36.4 Å². The van der Waals surface area contributed by atoms with Crippen molar-refractivity contribution >= 4 is 23.4 Å². The van der Waals surface area contributed by atoms with E-state index < -0.39 is 5.97 Å². The van der Waals surface area contributed by atoms with E-state index in [4.69, 9.17) is 9.84 Å². The van der Waals surface area contributed by atoms with Crippen LogP contribution in [-0.4, -0.2) is 23.2 Å². The fourth-order valence-corrected chi connectivity index (χ4v) is 4.54. The molecule has 0 atom stereocenters. The molecule has 5 nitrogen and oxygen atoms in total. The molecule has 0 fully saturated rings. The van der Waals surface area contributed by atoms with E-state index in [1.807, 2.05) is 24.3 Å². The number of aryl methyl sites for hydroxylation is 1. The van der Waals surface area contributed by atoms with Gasteiger partial charge in [-0.05, 0) is 73.2 Å². The molecule has 1 aliphatic rings. The Kier molecular flexibility index (Phi) is 8.22. The first-order chi connectivity index (χ1) is 17.7. The number of hydrogen-bond acceptors (Lipinski definition) is 4. The van der Waals surface area contributed by atoms with Gasteiger partial charge < -0.3 is 20.1 Å². The van der Waals surface area contributed by atoms with Crippen molar-refractivity contribution in [3.05, 3.63) is 95.1 Å². The Labute approximate surface area is 220 Å². The topological polar surface area (TPSA) is 61.8 Å². The van der Waals surface area contributed by atoms with Gasteiger partial charge in [-0.3, -0.25) is 4.79 Å². The highest BCUT2D eigenvalue weighted by Crippen LogP contribution is 2.37. The number of aliphatic carboxylic acids is 1. The van der Waals surface area contributed by atoms with E-state index in [0.717, 1.165) is 23.5 Å². The van der Waals surface area contributed by atoms with Gasteiger partial charge in [0.2, 0.25) is 0 Å². The fourth-order valence-electron chi connectivity index (χ4n) is 4.54. The minimum atomic E-state index is -0.772. The molecule has 1 heterocycles. The number of ether oxygens (including phenoxy) is 1. The van der Waals surface area contributed by atoms with Gasteiger partial charge in [0.25, 0.3) is 0 Å². The van der Waals surface area contributed by atoms with Gasteiger partial charge in [0.1, 0.15) is 5.75 Å². The average molecular weight is 499 g/mol. The molecule has 0 saturated carbocycles. The van der Waals surface area contributed by atoms with Crippen molar-refractivity contribution in [2.75, 3.05) is 16.8 Å². The van der Waals surface area contributed by atoms with E-state index >= 15 is 0 Å². The number of anilines is 2. The van der Waals surface area contributed by atoms with Crippen LogP contribution in [-0.2, 0) is 24.3 Å². The van der Waals surface area contributed by atoms with Gasteiger partial charge in [-0.1, -0.05) is 62.4 Å². The van der Waals surface area contributed by atoms with Crippen molar-refractivity contribution < 1.29 is 14.6 Å². The number of carboxylic acid groups (broad SMARTS) is 1. The molecule has 4 rings (SSSR count). The molecule has 37 heavy (non-hydrogen) atoms. The van der Waals surface area contributed by atoms with Gasteiger partial charge in [-0.15, -0.1) is 0 Å². The van der Waals surface area contributed by atoms with Crippen molar-refractivity contribution in [3.63, 3.8) is 0 Å². The predicted molar refractivity (Wildman–Crippen MR) is 152 cm³/mol. The first-order valence-electron chi connectivity index (χ1n) is 13.1. The quantitative estimate of drug-likeness (QED) is 0.294. The first kappa shape index (κ1) is 26.3. The lowest BCUT2D eigenvalue weighted by Gasteiger charge is -2.42. The van der Waals surface area contributed by atoms with Crippen molar-refractivity contribution in [2.24, 2.45) is 5.92 Å². The Balaban J connectivity index is 1.53. The number of carboxylic acids is 1. The van der Waals surface area contributed by atoms with E-state index in [0.29, 0.717) is 25.5 Å². The molecule has 0 spiro atoms. The molecule has 0 amide bonds. The van der Waals surface area contributed by atoms with E-state index in [2.05, 4.69) is 92.5 Å². The minimum Gasteiger partial charge on any atom is -0.493 e. The van der Waals surface area contributed by atoms with E-state index in [-0.39, 0.29) is 12.0 Å². The van der Waals surface area contributed by atoms with Crippen LogP contribution in [0.1, 0.15) is 56.4 Å². The number of nitrogens with one attached hydrogen (secondary N) is 1. The van der Waals surface area contributed by atoms with Gasteiger partial charge in [-0.2, -0.15) is 0 Å². The highest BCUT2D eigenvalue weighted by molar-refractivity contribution is 5.73. The van der Waals surface area contributed by atoms with Crippen LogP contribution < -0.4 is 15.0 Å². The molecule has 0 unspecified atom stereocenters. The lowest BCUT2D eigenvalue weighted by molar-refractivity contribution is -0.136. The van der Waals surface area contributed by atoms with Crippen molar-refractivity contribution in [2.45, 2.75) is 59.2 Å². The van der Waals surface area contributed by atoms with Gasteiger partial charge in [0.15, 0.2) is 0 Å². The SMILES string of the molecule is CC(C)COc1ccc(CNc2ccc(CCC(=O)O)cc2)cc1CN1c2ccccc2C=CC1(C)C. The summed E-state index contributed by atoms with van der Waals surface area (Å²) in [6.07, 6.45) is 5.18. The van der Waals surface area contributed by atoms with E-state index in [9.17, 15) is 4.79 Å². The molecule has 2 N–H and O–H groups in total. The smallest absolute Gasteiger partial charge is 0.303 e. The summed E-state index contributed by atoms with van der Waals surface area (Å²) < 4.78 is 6.26. The number of benzene rings is 3. The number of para-hydroxylation sites is 1. The molecular formula is C32H38N2O3. The predicted octanol–water partition coefficient (Wildman–Crippen LogP) is 7.16. The normalized spacial score (nSPS) is 13.9. The number of hydrogen-bond donors (Lipinski definition) is 2. The number of rotatable bonds is 11. The lowest BCUT2D eigenvalue weighted by Crippen LogP contribution is -2.44. The summed E-state index contributed by atoms with van der Waals surface area (Å²) in [5.74, 6) is 0.608. The Hall–Kier alpha value is -3.73. The second kappa shape index (κ2) is 11.5. The van der Waals surface area contributed by atoms with Crippen LogP contribution >= 0.6 is 0 Å². The summed E-state index contributed by atoms with van der Waals surface area (Å²) >= 11 is 0. The monoisotopic (exact) mass is 498 g/mol. The maximum absolute atomic E-state index is 10.8. The van der Waals surface area contributed by atoms with Crippen LogP contribution in [0.5, 0.6) is 5.75 Å². The van der Waals surface area contributed by atoms with E-state index in [1.165, 1.54) is 22.4 Å². The summed E-state index contributed by atoms with van der Waals surface area (Å²) in [5.41, 5.74) is 6.73. The Bertz CT molecular complexity index is 1250. The Morgan fingerprint density at radius 2 is 1.76 bits per heavy atom. The highest BCUT2D eigenvalue weighted by atomic mass is 16.5. The third kappa shape index (κ3) is 6.94. The Morgan fingerprint density at radius 3 is 2.49 bits per heavy atom. The first-order valence-corrected chi connectivity index (χ1v) is 13.1. The van der Waals surface area contributed by atoms with Crippen molar-refractivity contribution in [1.29, 1.82) is 0 Å². The largest absolute Gasteiger partial charge is 0.493 e.